The van der Waals surface area contributed by atoms with Crippen LogP contribution in [0.1, 0.15) is 12.0 Å². The highest BCUT2D eigenvalue weighted by molar-refractivity contribution is 5.83. The first kappa shape index (κ1) is 14.7. The summed E-state index contributed by atoms with van der Waals surface area (Å²) in [6, 6.07) is 8.26. The maximum atomic E-state index is 11.8. The van der Waals surface area contributed by atoms with Crippen LogP contribution in [0.2, 0.25) is 0 Å². The molecule has 110 valence electrons. The van der Waals surface area contributed by atoms with Crippen molar-refractivity contribution in [2.24, 2.45) is 0 Å². The summed E-state index contributed by atoms with van der Waals surface area (Å²) in [4.78, 5) is 23.0. The summed E-state index contributed by atoms with van der Waals surface area (Å²) >= 11 is 0. The van der Waals surface area contributed by atoms with Gasteiger partial charge in [0.2, 0.25) is 5.91 Å². The van der Waals surface area contributed by atoms with E-state index in [1.165, 1.54) is 12.7 Å². The summed E-state index contributed by atoms with van der Waals surface area (Å²) in [5.74, 6) is -1.36. The molecule has 1 atom stereocenters. The van der Waals surface area contributed by atoms with E-state index in [0.29, 0.717) is 6.54 Å². The molecule has 0 aliphatic rings. The van der Waals surface area contributed by atoms with E-state index in [4.69, 9.17) is 0 Å². The zero-order chi connectivity index (χ0) is 15.1. The van der Waals surface area contributed by atoms with Crippen molar-refractivity contribution in [3.8, 4) is 0 Å². The molecule has 1 heterocycles. The average molecular weight is 288 g/mol. The van der Waals surface area contributed by atoms with Crippen LogP contribution in [0.5, 0.6) is 0 Å². The van der Waals surface area contributed by atoms with Crippen molar-refractivity contribution in [1.29, 1.82) is 0 Å². The minimum Gasteiger partial charge on any atom is -0.480 e. The van der Waals surface area contributed by atoms with E-state index in [9.17, 15) is 14.7 Å². The zero-order valence-corrected chi connectivity index (χ0v) is 11.3. The number of nitrogens with zero attached hydrogens (tertiary/aromatic N) is 3. The van der Waals surface area contributed by atoms with Crippen LogP contribution in [0.4, 0.5) is 0 Å². The van der Waals surface area contributed by atoms with Crippen LogP contribution >= 0.6 is 0 Å². The number of hydrogen-bond acceptors (Lipinski definition) is 4. The molecule has 7 heteroatoms. The number of rotatable bonds is 7. The van der Waals surface area contributed by atoms with Crippen molar-refractivity contribution in [2.75, 3.05) is 0 Å². The Hall–Kier alpha value is -2.70. The predicted molar refractivity (Wildman–Crippen MR) is 74.4 cm³/mol. The summed E-state index contributed by atoms with van der Waals surface area (Å²) in [5.41, 5.74) is 0.865. The van der Waals surface area contributed by atoms with Crippen LogP contribution < -0.4 is 5.32 Å². The minimum atomic E-state index is -1.04. The first-order chi connectivity index (χ1) is 10.1. The van der Waals surface area contributed by atoms with E-state index in [0.717, 1.165) is 5.56 Å². The van der Waals surface area contributed by atoms with Crippen molar-refractivity contribution >= 4 is 11.9 Å². The van der Waals surface area contributed by atoms with Gasteiger partial charge in [-0.15, -0.1) is 10.2 Å². The molecule has 0 bridgehead atoms. The standard InChI is InChI=1S/C14H16N4O3/c19-13(6-7-18-9-15-16-10-18)17-12(14(20)21)8-11-4-2-1-3-5-11/h1-5,9-10,12H,6-8H2,(H,17,19)(H,20,21)/t12-/m0/s1. The normalized spacial score (nSPS) is 11.8. The Labute approximate surface area is 121 Å². The fourth-order valence-corrected chi connectivity index (χ4v) is 1.88. The van der Waals surface area contributed by atoms with Gasteiger partial charge in [0.15, 0.2) is 0 Å². The lowest BCUT2D eigenvalue weighted by atomic mass is 10.1. The van der Waals surface area contributed by atoms with E-state index in [1.54, 1.807) is 4.57 Å². The maximum Gasteiger partial charge on any atom is 0.326 e. The van der Waals surface area contributed by atoms with Crippen LogP contribution in [0.25, 0.3) is 0 Å². The highest BCUT2D eigenvalue weighted by atomic mass is 16.4. The summed E-state index contributed by atoms with van der Waals surface area (Å²) in [5, 5.41) is 19.0. The van der Waals surface area contributed by atoms with Crippen molar-refractivity contribution in [3.05, 3.63) is 48.5 Å². The van der Waals surface area contributed by atoms with Gasteiger partial charge in [-0.1, -0.05) is 30.3 Å². The lowest BCUT2D eigenvalue weighted by Crippen LogP contribution is -2.42. The number of carboxylic acids is 1. The fraction of sp³-hybridized carbons (Fsp3) is 0.286. The molecule has 21 heavy (non-hydrogen) atoms. The number of carboxylic acid groups (broad SMARTS) is 1. The van der Waals surface area contributed by atoms with Crippen LogP contribution in [-0.2, 0) is 22.6 Å². The summed E-state index contributed by atoms with van der Waals surface area (Å²) < 4.78 is 1.66. The van der Waals surface area contributed by atoms with Crippen molar-refractivity contribution in [1.82, 2.24) is 20.1 Å². The third-order valence-electron chi connectivity index (χ3n) is 2.98. The third kappa shape index (κ3) is 4.72. The van der Waals surface area contributed by atoms with Crippen molar-refractivity contribution in [2.45, 2.75) is 25.4 Å². The Kier molecular flexibility index (Phi) is 5.03. The molecular weight excluding hydrogens is 272 g/mol. The van der Waals surface area contributed by atoms with E-state index in [-0.39, 0.29) is 18.7 Å². The molecule has 0 saturated carbocycles. The number of benzene rings is 1. The average Bonchev–Trinajstić information content (AvgIpc) is 2.99. The van der Waals surface area contributed by atoms with Crippen LogP contribution in [0.3, 0.4) is 0 Å². The van der Waals surface area contributed by atoms with E-state index >= 15 is 0 Å². The number of aliphatic carboxylic acids is 1. The first-order valence-electron chi connectivity index (χ1n) is 6.53. The molecule has 0 unspecified atom stereocenters. The number of nitrogens with one attached hydrogen (secondary N) is 1. The second kappa shape index (κ2) is 7.18. The van der Waals surface area contributed by atoms with Gasteiger partial charge in [-0.25, -0.2) is 4.79 Å². The van der Waals surface area contributed by atoms with Gasteiger partial charge in [0.1, 0.15) is 18.7 Å². The number of carbonyl (C=O) groups excluding carboxylic acids is 1. The molecule has 0 saturated heterocycles. The van der Waals surface area contributed by atoms with E-state index < -0.39 is 12.0 Å². The molecule has 2 aromatic rings. The molecule has 1 aromatic carbocycles. The second-order valence-corrected chi connectivity index (χ2v) is 4.60. The number of aromatic nitrogens is 3. The molecule has 2 N–H and O–H groups in total. The molecule has 0 fully saturated rings. The van der Waals surface area contributed by atoms with Crippen LogP contribution in [0.15, 0.2) is 43.0 Å². The fourth-order valence-electron chi connectivity index (χ4n) is 1.88. The quantitative estimate of drug-likeness (QED) is 0.772. The van der Waals surface area contributed by atoms with Gasteiger partial charge >= 0.3 is 5.97 Å². The van der Waals surface area contributed by atoms with Crippen LogP contribution in [-0.4, -0.2) is 37.8 Å². The van der Waals surface area contributed by atoms with Crippen molar-refractivity contribution in [3.63, 3.8) is 0 Å². The molecule has 0 spiro atoms. The number of amides is 1. The smallest absolute Gasteiger partial charge is 0.326 e. The van der Waals surface area contributed by atoms with Gasteiger partial charge in [0.05, 0.1) is 0 Å². The largest absolute Gasteiger partial charge is 0.480 e. The van der Waals surface area contributed by atoms with Gasteiger partial charge in [0.25, 0.3) is 0 Å². The molecule has 0 aliphatic carbocycles. The Bertz CT molecular complexity index is 584. The Morgan fingerprint density at radius 3 is 2.48 bits per heavy atom. The highest BCUT2D eigenvalue weighted by Crippen LogP contribution is 2.04. The van der Waals surface area contributed by atoms with Gasteiger partial charge < -0.3 is 15.0 Å². The number of hydrogen-bond donors (Lipinski definition) is 2. The van der Waals surface area contributed by atoms with Gasteiger partial charge in [-0.05, 0) is 5.56 Å². The molecule has 1 aromatic heterocycles. The molecule has 1 amide bonds. The zero-order valence-electron chi connectivity index (χ0n) is 11.3. The van der Waals surface area contributed by atoms with Gasteiger partial charge in [0, 0.05) is 19.4 Å². The molecule has 0 aliphatic heterocycles. The molecule has 0 radical (unpaired) electrons. The lowest BCUT2D eigenvalue weighted by molar-refractivity contribution is -0.141. The second-order valence-electron chi connectivity index (χ2n) is 4.60. The highest BCUT2D eigenvalue weighted by Gasteiger charge is 2.20. The minimum absolute atomic E-state index is 0.177. The number of carbonyl (C=O) groups is 2. The molecule has 2 rings (SSSR count). The first-order valence-corrected chi connectivity index (χ1v) is 6.53. The predicted octanol–water partition coefficient (Wildman–Crippen LogP) is 0.480. The monoisotopic (exact) mass is 288 g/mol. The SMILES string of the molecule is O=C(CCn1cnnc1)N[C@@H](Cc1ccccc1)C(=O)O. The number of aryl methyl sites for hydroxylation is 1. The van der Waals surface area contributed by atoms with Crippen LogP contribution in [0, 0.1) is 0 Å². The Balaban J connectivity index is 1.87. The van der Waals surface area contributed by atoms with Crippen molar-refractivity contribution < 1.29 is 14.7 Å². The summed E-state index contributed by atoms with van der Waals surface area (Å²) in [6.45, 7) is 0.413. The van der Waals surface area contributed by atoms with Gasteiger partial charge in [-0.3, -0.25) is 4.79 Å². The Morgan fingerprint density at radius 2 is 1.86 bits per heavy atom. The molecular formula is C14H16N4O3. The lowest BCUT2D eigenvalue weighted by Gasteiger charge is -2.14. The molecule has 7 nitrogen and oxygen atoms in total. The summed E-state index contributed by atoms with van der Waals surface area (Å²) in [7, 11) is 0. The Morgan fingerprint density at radius 1 is 1.19 bits per heavy atom. The topological polar surface area (TPSA) is 97.1 Å². The third-order valence-corrected chi connectivity index (χ3v) is 2.98. The maximum absolute atomic E-state index is 11.8. The van der Waals surface area contributed by atoms with E-state index in [1.807, 2.05) is 30.3 Å². The summed E-state index contributed by atoms with van der Waals surface area (Å²) in [6.07, 6.45) is 3.45. The van der Waals surface area contributed by atoms with E-state index in [2.05, 4.69) is 15.5 Å². The van der Waals surface area contributed by atoms with Gasteiger partial charge in [-0.2, -0.15) is 0 Å².